The van der Waals surface area contributed by atoms with Crippen LogP contribution in [-0.2, 0) is 32.7 Å². The summed E-state index contributed by atoms with van der Waals surface area (Å²) in [5, 5.41) is 0. The van der Waals surface area contributed by atoms with Gasteiger partial charge in [-0.3, -0.25) is 4.57 Å². The van der Waals surface area contributed by atoms with Crippen LogP contribution in [0, 0.1) is 0 Å². The van der Waals surface area contributed by atoms with Crippen LogP contribution in [0.4, 0.5) is 0 Å². The molecule has 0 heterocycles. The molecule has 0 atom stereocenters. The highest BCUT2D eigenvalue weighted by Gasteiger charge is 2.22. The fraction of sp³-hybridized carbons (Fsp3) is 0.647. The lowest BCUT2D eigenvalue weighted by Gasteiger charge is -2.18. The molecule has 0 aliphatic rings. The molecule has 0 aromatic rings. The highest BCUT2D eigenvalue weighted by Crippen LogP contribution is 2.48. The Morgan fingerprint density at radius 2 is 1.24 bits per heavy atom. The number of rotatable bonds is 16. The molecule has 0 rings (SSSR count). The Bertz CT molecular complexity index is 426. The van der Waals surface area contributed by atoms with E-state index in [9.17, 15) is 14.2 Å². The largest absolute Gasteiger partial charge is 0.463 e. The number of carbonyl (C=O) groups excluding carboxylic acids is 2. The third kappa shape index (κ3) is 13.5. The zero-order valence-electron chi connectivity index (χ0n) is 14.9. The maximum atomic E-state index is 12.5. The molecule has 0 aromatic heterocycles. The highest BCUT2D eigenvalue weighted by atomic mass is 31.2. The number of hydrogen-bond donors (Lipinski definition) is 0. The number of unbranched alkanes of at least 4 members (excludes halogenated alkanes) is 2. The van der Waals surface area contributed by atoms with Crippen molar-refractivity contribution < 1.29 is 32.7 Å². The zero-order valence-corrected chi connectivity index (χ0v) is 15.8. The van der Waals surface area contributed by atoms with Crippen LogP contribution in [0.2, 0.25) is 0 Å². The maximum Gasteiger partial charge on any atom is 0.330 e. The normalized spacial score (nSPS) is 10.9. The van der Waals surface area contributed by atoms with Gasteiger partial charge in [0.1, 0.15) is 0 Å². The Labute approximate surface area is 149 Å². The second-order valence-electron chi connectivity index (χ2n) is 5.16. The summed E-state index contributed by atoms with van der Waals surface area (Å²) in [5.74, 6) is -0.917. The summed E-state index contributed by atoms with van der Waals surface area (Å²) in [7, 11) is -3.11. The average Bonchev–Trinajstić information content (AvgIpc) is 2.60. The molecule has 25 heavy (non-hydrogen) atoms. The summed E-state index contributed by atoms with van der Waals surface area (Å²) < 4.78 is 33.1. The number of esters is 2. The molecule has 0 bridgehead atoms. The van der Waals surface area contributed by atoms with E-state index in [1.165, 1.54) is 0 Å². The van der Waals surface area contributed by atoms with E-state index in [1.807, 2.05) is 6.92 Å². The van der Waals surface area contributed by atoms with Crippen LogP contribution in [0.1, 0.15) is 39.0 Å². The van der Waals surface area contributed by atoms with Crippen LogP contribution in [0.3, 0.4) is 0 Å². The summed E-state index contributed by atoms with van der Waals surface area (Å²) in [5.41, 5.74) is 0. The van der Waals surface area contributed by atoms with E-state index in [-0.39, 0.29) is 26.4 Å². The molecule has 8 heteroatoms. The van der Waals surface area contributed by atoms with Gasteiger partial charge in [0.25, 0.3) is 0 Å². The first kappa shape index (κ1) is 23.6. The summed E-state index contributed by atoms with van der Waals surface area (Å²) in [4.78, 5) is 21.7. The van der Waals surface area contributed by atoms with Gasteiger partial charge < -0.3 is 18.5 Å². The van der Waals surface area contributed by atoms with Gasteiger partial charge in [0.15, 0.2) is 0 Å². The van der Waals surface area contributed by atoms with Gasteiger partial charge in [-0.2, -0.15) is 0 Å². The van der Waals surface area contributed by atoms with Gasteiger partial charge in [-0.15, -0.1) is 0 Å². The van der Waals surface area contributed by atoms with Crippen molar-refractivity contribution in [3.8, 4) is 0 Å². The van der Waals surface area contributed by atoms with Crippen LogP contribution in [0.5, 0.6) is 0 Å². The molecule has 0 aliphatic heterocycles. The van der Waals surface area contributed by atoms with Gasteiger partial charge in [0.2, 0.25) is 0 Å². The van der Waals surface area contributed by atoms with Crippen molar-refractivity contribution in [1.82, 2.24) is 0 Å². The lowest BCUT2D eigenvalue weighted by Crippen LogP contribution is -2.06. The van der Waals surface area contributed by atoms with Crippen molar-refractivity contribution in [2.45, 2.75) is 39.0 Å². The van der Waals surface area contributed by atoms with Gasteiger partial charge in [-0.05, 0) is 32.1 Å². The molecule has 0 aliphatic carbocycles. The SMILES string of the molecule is C=CC(=O)OCCCCOP(=O)(CCC)OCCCCOC(=O)C=C. The Hall–Kier alpha value is -1.43. The molecule has 0 N–H and O–H groups in total. The first-order chi connectivity index (χ1) is 12.0. The number of ether oxygens (including phenoxy) is 2. The first-order valence-corrected chi connectivity index (χ1v) is 10.2. The van der Waals surface area contributed by atoms with E-state index in [1.54, 1.807) is 0 Å². The molecule has 0 unspecified atom stereocenters. The molecule has 0 radical (unpaired) electrons. The van der Waals surface area contributed by atoms with Gasteiger partial charge in [0.05, 0.1) is 26.4 Å². The average molecular weight is 376 g/mol. The lowest BCUT2D eigenvalue weighted by atomic mass is 10.3. The maximum absolute atomic E-state index is 12.5. The molecular weight excluding hydrogens is 347 g/mol. The Morgan fingerprint density at radius 1 is 0.840 bits per heavy atom. The van der Waals surface area contributed by atoms with Gasteiger partial charge in [-0.25, -0.2) is 9.59 Å². The third-order valence-corrected chi connectivity index (χ3v) is 5.12. The van der Waals surface area contributed by atoms with Gasteiger partial charge in [-0.1, -0.05) is 20.1 Å². The van der Waals surface area contributed by atoms with E-state index in [0.717, 1.165) is 12.2 Å². The summed E-state index contributed by atoms with van der Waals surface area (Å²) >= 11 is 0. The van der Waals surface area contributed by atoms with Crippen molar-refractivity contribution in [3.05, 3.63) is 25.3 Å². The van der Waals surface area contributed by atoms with Crippen molar-refractivity contribution in [3.63, 3.8) is 0 Å². The fourth-order valence-electron chi connectivity index (χ4n) is 1.72. The standard InChI is InChI=1S/C17H29O7P/c1-4-15-25(20,23-13-9-7-11-21-16(18)5-2)24-14-10-8-12-22-17(19)6-3/h5-6H,2-4,7-15H2,1H3. The predicted molar refractivity (Wildman–Crippen MR) is 95.4 cm³/mol. The topological polar surface area (TPSA) is 88.1 Å². The molecule has 0 amide bonds. The summed E-state index contributed by atoms with van der Waals surface area (Å²) in [6.45, 7) is 9.62. The zero-order chi connectivity index (χ0) is 19.0. The Morgan fingerprint density at radius 3 is 1.60 bits per heavy atom. The third-order valence-electron chi connectivity index (χ3n) is 2.97. The van der Waals surface area contributed by atoms with Crippen LogP contribution >= 0.6 is 7.60 Å². The molecule has 0 saturated heterocycles. The van der Waals surface area contributed by atoms with E-state index in [2.05, 4.69) is 13.2 Å². The number of carbonyl (C=O) groups is 2. The smallest absolute Gasteiger partial charge is 0.330 e. The summed E-state index contributed by atoms with van der Waals surface area (Å²) in [6, 6.07) is 0. The van der Waals surface area contributed by atoms with E-state index in [0.29, 0.717) is 38.3 Å². The Balaban J connectivity index is 3.89. The molecule has 0 saturated carbocycles. The van der Waals surface area contributed by atoms with Crippen molar-refractivity contribution in [2.24, 2.45) is 0 Å². The van der Waals surface area contributed by atoms with E-state index >= 15 is 0 Å². The highest BCUT2D eigenvalue weighted by molar-refractivity contribution is 7.53. The molecule has 144 valence electrons. The van der Waals surface area contributed by atoms with Gasteiger partial charge in [0, 0.05) is 18.3 Å². The summed E-state index contributed by atoms with van der Waals surface area (Å²) in [6.07, 6.45) is 5.70. The Kier molecular flexibility index (Phi) is 14.0. The van der Waals surface area contributed by atoms with Crippen molar-refractivity contribution in [1.29, 1.82) is 0 Å². The lowest BCUT2D eigenvalue weighted by molar-refractivity contribution is -0.138. The molecule has 0 aromatic carbocycles. The first-order valence-electron chi connectivity index (χ1n) is 8.44. The fourth-order valence-corrected chi connectivity index (χ4v) is 3.41. The predicted octanol–water partition coefficient (Wildman–Crippen LogP) is 3.64. The molecule has 0 fully saturated rings. The second kappa shape index (κ2) is 14.9. The van der Waals surface area contributed by atoms with Crippen molar-refractivity contribution in [2.75, 3.05) is 32.6 Å². The molecular formula is C17H29O7P. The quantitative estimate of drug-likeness (QED) is 0.176. The van der Waals surface area contributed by atoms with Crippen LogP contribution in [0.25, 0.3) is 0 Å². The van der Waals surface area contributed by atoms with Crippen molar-refractivity contribution >= 4 is 19.5 Å². The minimum Gasteiger partial charge on any atom is -0.463 e. The minimum absolute atomic E-state index is 0.274. The van der Waals surface area contributed by atoms with Crippen LogP contribution < -0.4 is 0 Å². The molecule has 0 spiro atoms. The van der Waals surface area contributed by atoms with E-state index < -0.39 is 19.5 Å². The second-order valence-corrected chi connectivity index (χ2v) is 7.34. The molecule has 7 nitrogen and oxygen atoms in total. The number of hydrogen-bond acceptors (Lipinski definition) is 7. The van der Waals surface area contributed by atoms with Gasteiger partial charge >= 0.3 is 19.5 Å². The minimum atomic E-state index is -3.11. The van der Waals surface area contributed by atoms with Crippen LogP contribution in [-0.4, -0.2) is 44.5 Å². The van der Waals surface area contributed by atoms with Crippen LogP contribution in [0.15, 0.2) is 25.3 Å². The van der Waals surface area contributed by atoms with E-state index in [4.69, 9.17) is 18.5 Å². The monoisotopic (exact) mass is 376 g/mol.